The van der Waals surface area contributed by atoms with Crippen molar-refractivity contribution in [2.24, 2.45) is 5.41 Å². The number of nitrogens with one attached hydrogen (secondary N) is 1. The molecule has 0 saturated carbocycles. The van der Waals surface area contributed by atoms with E-state index in [0.29, 0.717) is 35.0 Å². The van der Waals surface area contributed by atoms with Crippen molar-refractivity contribution in [3.8, 4) is 17.2 Å². The summed E-state index contributed by atoms with van der Waals surface area (Å²) < 4.78 is 30.7. The van der Waals surface area contributed by atoms with Gasteiger partial charge in [-0.05, 0) is 71.9 Å². The van der Waals surface area contributed by atoms with Gasteiger partial charge in [-0.25, -0.2) is 9.00 Å². The smallest absolute Gasteiger partial charge is 0.411 e. The van der Waals surface area contributed by atoms with Gasteiger partial charge in [0.25, 0.3) is 0 Å². The van der Waals surface area contributed by atoms with E-state index in [1.165, 1.54) is 6.07 Å². The summed E-state index contributed by atoms with van der Waals surface area (Å²) in [4.78, 5) is 12.6. The number of unbranched alkanes of at least 4 members (excludes halogenated alkanes) is 2. The number of carbonyl (C=O) groups excluding carboxylic acids is 1. The first kappa shape index (κ1) is 32.5. The zero-order valence-electron chi connectivity index (χ0n) is 24.9. The van der Waals surface area contributed by atoms with Gasteiger partial charge in [0.2, 0.25) is 11.1 Å². The number of amides is 1. The van der Waals surface area contributed by atoms with Crippen molar-refractivity contribution in [3.63, 3.8) is 0 Å². The maximum Gasteiger partial charge on any atom is 0.411 e. The van der Waals surface area contributed by atoms with E-state index in [1.807, 2.05) is 32.0 Å². The summed E-state index contributed by atoms with van der Waals surface area (Å²) in [5, 5.41) is 13.2. The first-order chi connectivity index (χ1) is 18.3. The van der Waals surface area contributed by atoms with E-state index >= 15 is 0 Å². The van der Waals surface area contributed by atoms with Gasteiger partial charge in [-0.1, -0.05) is 74.3 Å². The minimum Gasteiger partial charge on any atom is -0.505 e. The average molecular weight is 562 g/mol. The number of phenolic OH excluding ortho intramolecular Hbond substituents is 1. The van der Waals surface area contributed by atoms with Gasteiger partial charge in [-0.15, -0.1) is 0 Å². The van der Waals surface area contributed by atoms with Crippen molar-refractivity contribution >= 4 is 22.9 Å². The Bertz CT molecular complexity index is 1120. The van der Waals surface area contributed by atoms with Crippen LogP contribution in [0, 0.1) is 5.41 Å². The highest BCUT2D eigenvalue weighted by atomic mass is 32.2. The standard InChI is InChI=1S/C31H47NO6S/c1-9-12-16-36-26-15-14-23(31(7,8)21-30(4,5)6)19-27(26)38-39(35)24-18-22(11-3)28(33)25(20-24)32-29(34)37-17-13-10-2/h14-15,18-20,33H,9-13,16-17,21H2,1-8H3,(H,32,34). The molecule has 2 aromatic carbocycles. The Balaban J connectivity index is 2.41. The highest BCUT2D eigenvalue weighted by Crippen LogP contribution is 2.40. The van der Waals surface area contributed by atoms with Gasteiger partial charge in [-0.3, -0.25) is 5.32 Å². The minimum absolute atomic E-state index is 0.0831. The van der Waals surface area contributed by atoms with Crippen LogP contribution in [0.1, 0.15) is 98.6 Å². The van der Waals surface area contributed by atoms with E-state index in [9.17, 15) is 14.1 Å². The van der Waals surface area contributed by atoms with Gasteiger partial charge in [0.15, 0.2) is 11.5 Å². The number of ether oxygens (including phenoxy) is 2. The molecule has 0 aliphatic carbocycles. The van der Waals surface area contributed by atoms with Crippen LogP contribution in [0.2, 0.25) is 0 Å². The molecule has 0 saturated heterocycles. The van der Waals surface area contributed by atoms with Crippen LogP contribution in [-0.4, -0.2) is 28.6 Å². The molecule has 0 spiro atoms. The Kier molecular flexibility index (Phi) is 12.1. The highest BCUT2D eigenvalue weighted by molar-refractivity contribution is 7.80. The predicted molar refractivity (Wildman–Crippen MR) is 158 cm³/mol. The summed E-state index contributed by atoms with van der Waals surface area (Å²) in [6.45, 7) is 17.8. The highest BCUT2D eigenvalue weighted by Gasteiger charge is 2.29. The maximum absolute atomic E-state index is 13.5. The van der Waals surface area contributed by atoms with Gasteiger partial charge in [0.1, 0.15) is 5.75 Å². The molecule has 39 heavy (non-hydrogen) atoms. The van der Waals surface area contributed by atoms with Crippen molar-refractivity contribution in [1.82, 2.24) is 0 Å². The molecule has 1 atom stereocenters. The Morgan fingerprint density at radius 2 is 1.62 bits per heavy atom. The number of carbonyl (C=O) groups is 1. The number of aryl methyl sites for hydroxylation is 1. The minimum atomic E-state index is -1.94. The third-order valence-corrected chi connectivity index (χ3v) is 7.27. The largest absolute Gasteiger partial charge is 0.505 e. The molecular formula is C31H47NO6S. The van der Waals surface area contributed by atoms with Crippen LogP contribution in [0.15, 0.2) is 35.2 Å². The first-order valence-corrected chi connectivity index (χ1v) is 15.1. The molecule has 8 heteroatoms. The second kappa shape index (κ2) is 14.6. The molecule has 1 unspecified atom stereocenters. The fourth-order valence-corrected chi connectivity index (χ4v) is 5.42. The zero-order chi connectivity index (χ0) is 29.2. The average Bonchev–Trinajstić information content (AvgIpc) is 2.84. The predicted octanol–water partition coefficient (Wildman–Crippen LogP) is 8.30. The van der Waals surface area contributed by atoms with Gasteiger partial charge in [0, 0.05) is 0 Å². The fourth-order valence-electron chi connectivity index (χ4n) is 4.58. The van der Waals surface area contributed by atoms with Gasteiger partial charge in [-0.2, -0.15) is 0 Å². The molecule has 0 heterocycles. The van der Waals surface area contributed by atoms with Crippen LogP contribution in [0.4, 0.5) is 10.5 Å². The van der Waals surface area contributed by atoms with E-state index in [4.69, 9.17) is 13.7 Å². The summed E-state index contributed by atoms with van der Waals surface area (Å²) in [5.41, 5.74) is 1.69. The molecule has 0 aromatic heterocycles. The lowest BCUT2D eigenvalue weighted by atomic mass is 9.72. The second-order valence-corrected chi connectivity index (χ2v) is 12.9. The van der Waals surface area contributed by atoms with E-state index in [-0.39, 0.29) is 28.9 Å². The lowest BCUT2D eigenvalue weighted by Crippen LogP contribution is -2.25. The van der Waals surface area contributed by atoms with Gasteiger partial charge < -0.3 is 18.8 Å². The molecule has 0 aliphatic rings. The molecule has 218 valence electrons. The van der Waals surface area contributed by atoms with Gasteiger partial charge >= 0.3 is 6.09 Å². The molecule has 0 fully saturated rings. The van der Waals surface area contributed by atoms with Crippen molar-refractivity contribution in [3.05, 3.63) is 41.5 Å². The van der Waals surface area contributed by atoms with Crippen LogP contribution in [0.5, 0.6) is 17.2 Å². The quantitative estimate of drug-likeness (QED) is 0.178. The van der Waals surface area contributed by atoms with E-state index in [0.717, 1.165) is 37.7 Å². The van der Waals surface area contributed by atoms with Crippen LogP contribution in [0.3, 0.4) is 0 Å². The normalized spacial score (nSPS) is 12.6. The molecule has 7 nitrogen and oxygen atoms in total. The Labute approximate surface area is 237 Å². The van der Waals surface area contributed by atoms with E-state index < -0.39 is 17.2 Å². The van der Waals surface area contributed by atoms with Crippen LogP contribution >= 0.6 is 0 Å². The summed E-state index contributed by atoms with van der Waals surface area (Å²) in [7, 11) is 0. The zero-order valence-corrected chi connectivity index (χ0v) is 25.8. The topological polar surface area (TPSA) is 94.1 Å². The van der Waals surface area contributed by atoms with Crippen LogP contribution in [-0.2, 0) is 27.7 Å². The molecule has 1 amide bonds. The molecule has 2 rings (SSSR count). The molecule has 0 radical (unpaired) electrons. The molecule has 2 N–H and O–H groups in total. The third-order valence-electron chi connectivity index (χ3n) is 6.32. The number of aromatic hydroxyl groups is 1. The lowest BCUT2D eigenvalue weighted by molar-refractivity contribution is 0.159. The van der Waals surface area contributed by atoms with Crippen LogP contribution in [0.25, 0.3) is 0 Å². The van der Waals surface area contributed by atoms with Crippen molar-refractivity contribution in [2.75, 3.05) is 18.5 Å². The van der Waals surface area contributed by atoms with Crippen LogP contribution < -0.4 is 14.2 Å². The Morgan fingerprint density at radius 1 is 0.949 bits per heavy atom. The molecule has 0 bridgehead atoms. The number of hydrogen-bond donors (Lipinski definition) is 2. The van der Waals surface area contributed by atoms with Gasteiger partial charge in [0.05, 0.1) is 23.8 Å². The Morgan fingerprint density at radius 3 is 2.23 bits per heavy atom. The maximum atomic E-state index is 13.5. The summed E-state index contributed by atoms with van der Waals surface area (Å²) in [6.07, 6.45) is 4.25. The summed E-state index contributed by atoms with van der Waals surface area (Å²) in [5.74, 6) is 0.836. The van der Waals surface area contributed by atoms with Crippen molar-refractivity contribution < 1.29 is 27.8 Å². The SMILES string of the molecule is CCCCOC(=O)Nc1cc(S(=O)Oc2cc(C(C)(C)CC(C)(C)C)ccc2OCCCC)cc(CC)c1O. The monoisotopic (exact) mass is 561 g/mol. The van der Waals surface area contributed by atoms with E-state index in [1.54, 1.807) is 6.07 Å². The number of benzene rings is 2. The molecular weight excluding hydrogens is 514 g/mol. The molecule has 2 aromatic rings. The second-order valence-electron chi connectivity index (χ2n) is 11.7. The number of phenols is 1. The summed E-state index contributed by atoms with van der Waals surface area (Å²) >= 11 is -1.94. The number of hydrogen-bond acceptors (Lipinski definition) is 6. The number of rotatable bonds is 14. The number of anilines is 1. The lowest BCUT2D eigenvalue weighted by Gasteiger charge is -2.33. The summed E-state index contributed by atoms with van der Waals surface area (Å²) in [6, 6.07) is 8.93. The van der Waals surface area contributed by atoms with Crippen molar-refractivity contribution in [2.45, 2.75) is 104 Å². The Hall–Kier alpha value is -2.74. The van der Waals surface area contributed by atoms with Crippen molar-refractivity contribution in [1.29, 1.82) is 0 Å². The fraction of sp³-hybridized carbons (Fsp3) is 0.581. The molecule has 0 aliphatic heterocycles. The first-order valence-electron chi connectivity index (χ1n) is 14.0. The van der Waals surface area contributed by atoms with E-state index in [2.05, 4.69) is 46.9 Å². The third kappa shape index (κ3) is 10.1.